The Kier molecular flexibility index (Phi) is 7.06. The van der Waals surface area contributed by atoms with Gasteiger partial charge in [-0.1, -0.05) is 25.0 Å². The zero-order valence-electron chi connectivity index (χ0n) is 16.6. The third kappa shape index (κ3) is 4.91. The first-order valence-electron chi connectivity index (χ1n) is 10.4. The Morgan fingerprint density at radius 1 is 0.929 bits per heavy atom. The Labute approximate surface area is 166 Å². The first-order valence-corrected chi connectivity index (χ1v) is 10.4. The van der Waals surface area contributed by atoms with Crippen LogP contribution in [0, 0.1) is 11.8 Å². The molecule has 0 bridgehead atoms. The molecule has 1 aromatic rings. The van der Waals surface area contributed by atoms with Gasteiger partial charge in [-0.15, -0.1) is 0 Å². The Morgan fingerprint density at radius 3 is 2.18 bits per heavy atom. The molecule has 0 unspecified atom stereocenters. The van der Waals surface area contributed by atoms with Gasteiger partial charge in [0.2, 0.25) is 11.8 Å². The van der Waals surface area contributed by atoms with Crippen LogP contribution in [0.15, 0.2) is 24.3 Å². The van der Waals surface area contributed by atoms with Crippen molar-refractivity contribution >= 4 is 23.5 Å². The molecule has 3 rings (SSSR count). The number of anilines is 1. The summed E-state index contributed by atoms with van der Waals surface area (Å²) in [4.78, 5) is 39.4. The summed E-state index contributed by atoms with van der Waals surface area (Å²) in [6.45, 7) is 1.76. The lowest BCUT2D eigenvalue weighted by Gasteiger charge is -2.31. The van der Waals surface area contributed by atoms with Crippen LogP contribution in [0.4, 0.5) is 5.69 Å². The first-order chi connectivity index (χ1) is 13.6. The van der Waals surface area contributed by atoms with Gasteiger partial charge in [0, 0.05) is 24.9 Å². The van der Waals surface area contributed by atoms with E-state index >= 15 is 0 Å². The van der Waals surface area contributed by atoms with E-state index in [0.717, 1.165) is 38.8 Å². The van der Waals surface area contributed by atoms with Gasteiger partial charge in [-0.25, -0.2) is 4.79 Å². The SMILES string of the molecule is COC(=O)c1ccccc1NC(=O)C1CCC(C(=O)N2CCCCCC2)CC1. The molecule has 0 spiro atoms. The number of carbonyl (C=O) groups is 3. The number of benzene rings is 1. The Bertz CT molecular complexity index is 702. The molecule has 1 aliphatic carbocycles. The number of rotatable bonds is 4. The van der Waals surface area contributed by atoms with Crippen LogP contribution in [0.5, 0.6) is 0 Å². The summed E-state index contributed by atoms with van der Waals surface area (Å²) in [5.41, 5.74) is 0.825. The fourth-order valence-corrected chi connectivity index (χ4v) is 4.27. The Balaban J connectivity index is 1.54. The fourth-order valence-electron chi connectivity index (χ4n) is 4.27. The average molecular weight is 386 g/mol. The summed E-state index contributed by atoms with van der Waals surface area (Å²) in [5, 5.41) is 2.88. The number of para-hydroxylation sites is 1. The fraction of sp³-hybridized carbons (Fsp3) is 0.591. The highest BCUT2D eigenvalue weighted by molar-refractivity contribution is 6.01. The van der Waals surface area contributed by atoms with Crippen LogP contribution in [-0.2, 0) is 14.3 Å². The van der Waals surface area contributed by atoms with Crippen LogP contribution in [0.2, 0.25) is 0 Å². The quantitative estimate of drug-likeness (QED) is 0.802. The van der Waals surface area contributed by atoms with E-state index in [1.165, 1.54) is 20.0 Å². The summed E-state index contributed by atoms with van der Waals surface area (Å²) >= 11 is 0. The zero-order valence-corrected chi connectivity index (χ0v) is 16.6. The lowest BCUT2D eigenvalue weighted by molar-refractivity contribution is -0.137. The highest BCUT2D eigenvalue weighted by Gasteiger charge is 2.32. The number of hydrogen-bond acceptors (Lipinski definition) is 4. The standard InChI is InChI=1S/C22H30N2O4/c1-28-22(27)18-8-4-5-9-19(18)23-20(25)16-10-12-17(13-11-16)21(26)24-14-6-2-3-7-15-24/h4-5,8-9,16-17H,2-3,6-7,10-15H2,1H3,(H,23,25). The molecule has 1 saturated carbocycles. The first kappa shape index (κ1) is 20.4. The van der Waals surface area contributed by atoms with E-state index in [4.69, 9.17) is 4.74 Å². The van der Waals surface area contributed by atoms with Crippen molar-refractivity contribution in [2.45, 2.75) is 51.4 Å². The third-order valence-electron chi connectivity index (χ3n) is 5.96. The normalized spacial score (nSPS) is 22.8. The molecule has 0 radical (unpaired) electrons. The number of likely N-dealkylation sites (tertiary alicyclic amines) is 1. The molecular weight excluding hydrogens is 356 g/mol. The lowest BCUT2D eigenvalue weighted by Crippen LogP contribution is -2.39. The van der Waals surface area contributed by atoms with E-state index in [0.29, 0.717) is 24.1 Å². The third-order valence-corrected chi connectivity index (χ3v) is 5.96. The monoisotopic (exact) mass is 386 g/mol. The van der Waals surface area contributed by atoms with Crippen molar-refractivity contribution in [3.05, 3.63) is 29.8 Å². The van der Waals surface area contributed by atoms with Crippen LogP contribution in [-0.4, -0.2) is 42.9 Å². The van der Waals surface area contributed by atoms with E-state index in [-0.39, 0.29) is 23.7 Å². The molecule has 0 aromatic heterocycles. The summed E-state index contributed by atoms with van der Waals surface area (Å²) in [6.07, 6.45) is 7.55. The van der Waals surface area contributed by atoms with Gasteiger partial charge in [0.25, 0.3) is 0 Å². The minimum Gasteiger partial charge on any atom is -0.465 e. The van der Waals surface area contributed by atoms with Crippen molar-refractivity contribution in [2.75, 3.05) is 25.5 Å². The van der Waals surface area contributed by atoms with Crippen molar-refractivity contribution < 1.29 is 19.1 Å². The largest absolute Gasteiger partial charge is 0.465 e. The van der Waals surface area contributed by atoms with Crippen LogP contribution >= 0.6 is 0 Å². The number of nitrogens with one attached hydrogen (secondary N) is 1. The van der Waals surface area contributed by atoms with Crippen LogP contribution in [0.1, 0.15) is 61.7 Å². The van der Waals surface area contributed by atoms with Gasteiger partial charge in [0.05, 0.1) is 18.4 Å². The van der Waals surface area contributed by atoms with Crippen LogP contribution in [0.25, 0.3) is 0 Å². The maximum Gasteiger partial charge on any atom is 0.339 e. The average Bonchev–Trinajstić information content (AvgIpc) is 3.02. The molecule has 152 valence electrons. The number of amides is 2. The number of hydrogen-bond donors (Lipinski definition) is 1. The van der Waals surface area contributed by atoms with E-state index in [9.17, 15) is 14.4 Å². The molecule has 2 aliphatic rings. The predicted octanol–water partition coefficient (Wildman–Crippen LogP) is 3.62. The second-order valence-electron chi connectivity index (χ2n) is 7.81. The minimum absolute atomic E-state index is 0.0458. The van der Waals surface area contributed by atoms with Crippen molar-refractivity contribution in [1.82, 2.24) is 4.90 Å². The topological polar surface area (TPSA) is 75.7 Å². The molecule has 1 N–H and O–H groups in total. The van der Waals surface area contributed by atoms with Crippen LogP contribution in [0.3, 0.4) is 0 Å². The van der Waals surface area contributed by atoms with Crippen molar-refractivity contribution in [3.8, 4) is 0 Å². The highest BCUT2D eigenvalue weighted by Crippen LogP contribution is 2.32. The van der Waals surface area contributed by atoms with E-state index in [1.54, 1.807) is 24.3 Å². The van der Waals surface area contributed by atoms with Gasteiger partial charge >= 0.3 is 5.97 Å². The molecule has 1 aromatic carbocycles. The Hall–Kier alpha value is -2.37. The second-order valence-corrected chi connectivity index (χ2v) is 7.81. The molecule has 1 heterocycles. The van der Waals surface area contributed by atoms with Gasteiger partial charge in [-0.05, 0) is 50.7 Å². The Morgan fingerprint density at radius 2 is 1.54 bits per heavy atom. The minimum atomic E-state index is -0.470. The van der Waals surface area contributed by atoms with Gasteiger partial charge in [0.15, 0.2) is 0 Å². The molecule has 0 atom stereocenters. The smallest absolute Gasteiger partial charge is 0.339 e. The molecule has 1 saturated heterocycles. The highest BCUT2D eigenvalue weighted by atomic mass is 16.5. The predicted molar refractivity (Wildman–Crippen MR) is 107 cm³/mol. The van der Waals surface area contributed by atoms with Crippen molar-refractivity contribution in [2.24, 2.45) is 11.8 Å². The number of nitrogens with zero attached hydrogens (tertiary/aromatic N) is 1. The van der Waals surface area contributed by atoms with E-state index < -0.39 is 5.97 Å². The van der Waals surface area contributed by atoms with Gasteiger partial charge in [0.1, 0.15) is 0 Å². The van der Waals surface area contributed by atoms with Gasteiger partial charge in [-0.2, -0.15) is 0 Å². The molecule has 28 heavy (non-hydrogen) atoms. The molecule has 6 heteroatoms. The molecule has 1 aliphatic heterocycles. The van der Waals surface area contributed by atoms with Gasteiger partial charge < -0.3 is 15.0 Å². The van der Waals surface area contributed by atoms with Crippen LogP contribution < -0.4 is 5.32 Å². The maximum absolute atomic E-state index is 12.8. The summed E-state index contributed by atoms with van der Waals surface area (Å²) in [6, 6.07) is 6.86. The second kappa shape index (κ2) is 9.71. The van der Waals surface area contributed by atoms with E-state index in [2.05, 4.69) is 5.32 Å². The van der Waals surface area contributed by atoms with E-state index in [1.807, 2.05) is 4.90 Å². The number of carbonyl (C=O) groups excluding carboxylic acids is 3. The van der Waals surface area contributed by atoms with Crippen molar-refractivity contribution in [3.63, 3.8) is 0 Å². The lowest BCUT2D eigenvalue weighted by atomic mass is 9.80. The number of ether oxygens (including phenoxy) is 1. The molecular formula is C22H30N2O4. The molecule has 6 nitrogen and oxygen atoms in total. The maximum atomic E-state index is 12.8. The summed E-state index contributed by atoms with van der Waals surface area (Å²) < 4.78 is 4.78. The van der Waals surface area contributed by atoms with Gasteiger partial charge in [-0.3, -0.25) is 9.59 Å². The summed E-state index contributed by atoms with van der Waals surface area (Å²) in [5.74, 6) is -0.361. The molecule has 2 fully saturated rings. The zero-order chi connectivity index (χ0) is 19.9. The summed E-state index contributed by atoms with van der Waals surface area (Å²) in [7, 11) is 1.32. The van der Waals surface area contributed by atoms with Crippen molar-refractivity contribution in [1.29, 1.82) is 0 Å². The number of methoxy groups -OCH3 is 1. The number of esters is 1. The molecule has 2 amide bonds.